The number of nitrogens with zero attached hydrogens (tertiary/aromatic N) is 5. The maximum absolute atomic E-state index is 13.7. The number of imidazole rings is 1. The number of nitrogens with one attached hydrogen (secondary N) is 2. The third-order valence-corrected chi connectivity index (χ3v) is 6.92. The van der Waals surface area contributed by atoms with Crippen molar-refractivity contribution < 1.29 is 4.39 Å². The van der Waals surface area contributed by atoms with Crippen molar-refractivity contribution in [3.8, 4) is 5.95 Å². The van der Waals surface area contributed by atoms with Crippen LogP contribution in [-0.2, 0) is 12.8 Å². The molecule has 1 aliphatic heterocycles. The highest BCUT2D eigenvalue weighted by Gasteiger charge is 2.28. The molecule has 0 amide bonds. The zero-order chi connectivity index (χ0) is 24.5. The average Bonchev–Trinajstić information content (AvgIpc) is 3.50. The Kier molecular flexibility index (Phi) is 5.80. The monoisotopic (exact) mass is 483 g/mol. The molecule has 1 fully saturated rings. The maximum Gasteiger partial charge on any atom is 0.277 e. The van der Waals surface area contributed by atoms with Gasteiger partial charge in [-0.1, -0.05) is 24.3 Å². The molecule has 1 saturated heterocycles. The van der Waals surface area contributed by atoms with Gasteiger partial charge in [0.2, 0.25) is 11.9 Å². The summed E-state index contributed by atoms with van der Waals surface area (Å²) in [6, 6.07) is 16.0. The van der Waals surface area contributed by atoms with E-state index in [1.165, 1.54) is 16.8 Å². The Morgan fingerprint density at radius 1 is 0.944 bits per heavy atom. The van der Waals surface area contributed by atoms with Crippen LogP contribution < -0.4 is 10.5 Å². The first-order valence-corrected chi connectivity index (χ1v) is 12.2. The number of H-pyrrole nitrogens is 2. The van der Waals surface area contributed by atoms with E-state index in [9.17, 15) is 9.18 Å². The molecule has 8 nitrogen and oxygen atoms in total. The van der Waals surface area contributed by atoms with E-state index in [0.717, 1.165) is 59.7 Å². The van der Waals surface area contributed by atoms with Gasteiger partial charge in [-0.3, -0.25) is 9.89 Å². The number of para-hydroxylation sites is 2. The molecule has 0 unspecified atom stereocenters. The van der Waals surface area contributed by atoms with Crippen LogP contribution in [0.5, 0.6) is 0 Å². The quantitative estimate of drug-likeness (QED) is 0.379. The normalized spacial score (nSPS) is 14.5. The number of halogens is 1. The zero-order valence-electron chi connectivity index (χ0n) is 19.7. The van der Waals surface area contributed by atoms with Gasteiger partial charge in [0.25, 0.3) is 5.56 Å². The number of hydrogen-bond donors (Lipinski definition) is 2. The standard InChI is InChI=1S/C27H26FN7O/c28-20-9-6-18(7-10-20)8-11-21-24(19-12-16-34(17-13-19)26-29-14-3-15-30-26)33-35(25(21)36)27-31-22-4-1-2-5-23(22)32-27/h1-7,9-10,14-15,19,33H,8,11-13,16-17H2,(H,31,32). The van der Waals surface area contributed by atoms with E-state index in [0.29, 0.717) is 18.8 Å². The minimum atomic E-state index is -0.262. The largest absolute Gasteiger partial charge is 0.341 e. The van der Waals surface area contributed by atoms with Crippen molar-refractivity contribution in [1.29, 1.82) is 0 Å². The van der Waals surface area contributed by atoms with E-state index in [1.807, 2.05) is 30.3 Å². The Labute approximate surface area is 206 Å². The fourth-order valence-electron chi connectivity index (χ4n) is 5.01. The molecule has 9 heteroatoms. The van der Waals surface area contributed by atoms with Gasteiger partial charge < -0.3 is 9.88 Å². The summed E-state index contributed by atoms with van der Waals surface area (Å²) >= 11 is 0. The summed E-state index contributed by atoms with van der Waals surface area (Å²) in [5.41, 5.74) is 4.29. The number of benzene rings is 2. The van der Waals surface area contributed by atoms with Crippen LogP contribution in [0.3, 0.4) is 0 Å². The number of rotatable bonds is 6. The first-order valence-electron chi connectivity index (χ1n) is 12.2. The molecule has 6 rings (SSSR count). The van der Waals surface area contributed by atoms with Gasteiger partial charge in [0.05, 0.1) is 11.0 Å². The Morgan fingerprint density at radius 2 is 1.69 bits per heavy atom. The molecule has 4 heterocycles. The second-order valence-electron chi connectivity index (χ2n) is 9.16. The molecule has 2 N–H and O–H groups in total. The van der Waals surface area contributed by atoms with Crippen LogP contribution in [0, 0.1) is 5.82 Å². The summed E-state index contributed by atoms with van der Waals surface area (Å²) in [5.74, 6) is 1.15. The van der Waals surface area contributed by atoms with Crippen LogP contribution in [-0.4, -0.2) is 42.8 Å². The van der Waals surface area contributed by atoms with Crippen LogP contribution in [0.4, 0.5) is 10.3 Å². The van der Waals surface area contributed by atoms with Gasteiger partial charge in [0.15, 0.2) is 0 Å². The Morgan fingerprint density at radius 3 is 2.44 bits per heavy atom. The minimum Gasteiger partial charge on any atom is -0.341 e. The molecule has 2 aromatic carbocycles. The van der Waals surface area contributed by atoms with E-state index < -0.39 is 0 Å². The number of fused-ring (bicyclic) bond motifs is 1. The molecule has 3 aromatic heterocycles. The second-order valence-corrected chi connectivity index (χ2v) is 9.16. The van der Waals surface area contributed by atoms with Crippen LogP contribution >= 0.6 is 0 Å². The van der Waals surface area contributed by atoms with E-state index in [2.05, 4.69) is 29.9 Å². The molecule has 0 bridgehead atoms. The molecule has 5 aromatic rings. The molecule has 182 valence electrons. The molecule has 0 radical (unpaired) electrons. The van der Waals surface area contributed by atoms with Crippen molar-refractivity contribution in [2.45, 2.75) is 31.6 Å². The van der Waals surface area contributed by atoms with Crippen LogP contribution in [0.15, 0.2) is 71.8 Å². The van der Waals surface area contributed by atoms with Crippen LogP contribution in [0.25, 0.3) is 17.0 Å². The number of aromatic amines is 2. The minimum absolute atomic E-state index is 0.0972. The SMILES string of the molecule is O=c1c(CCc2ccc(F)cc2)c(C2CCN(c3ncccn3)CC2)[nH]n1-c1nc2ccccc2[nH]1. The predicted octanol–water partition coefficient (Wildman–Crippen LogP) is 4.14. The highest BCUT2D eigenvalue weighted by Crippen LogP contribution is 2.30. The first kappa shape index (κ1) is 22.2. The summed E-state index contributed by atoms with van der Waals surface area (Å²) < 4.78 is 14.9. The van der Waals surface area contributed by atoms with E-state index in [1.54, 1.807) is 24.5 Å². The second kappa shape index (κ2) is 9.41. The van der Waals surface area contributed by atoms with E-state index in [-0.39, 0.29) is 17.3 Å². The van der Waals surface area contributed by atoms with Gasteiger partial charge >= 0.3 is 0 Å². The van der Waals surface area contributed by atoms with Crippen molar-refractivity contribution >= 4 is 17.0 Å². The van der Waals surface area contributed by atoms with Gasteiger partial charge in [-0.25, -0.2) is 19.3 Å². The molecular weight excluding hydrogens is 457 g/mol. The van der Waals surface area contributed by atoms with Crippen molar-refractivity contribution in [3.63, 3.8) is 0 Å². The third-order valence-electron chi connectivity index (χ3n) is 6.92. The smallest absolute Gasteiger partial charge is 0.277 e. The summed E-state index contributed by atoms with van der Waals surface area (Å²) in [5, 5.41) is 3.40. The third kappa shape index (κ3) is 4.28. The van der Waals surface area contributed by atoms with Crippen LogP contribution in [0.1, 0.15) is 35.6 Å². The first-order chi connectivity index (χ1) is 17.7. The average molecular weight is 484 g/mol. The zero-order valence-corrected chi connectivity index (χ0v) is 19.7. The van der Waals surface area contributed by atoms with Gasteiger partial charge in [-0.05, 0) is 61.6 Å². The molecule has 0 aliphatic carbocycles. The molecular formula is C27H26FN7O. The summed E-state index contributed by atoms with van der Waals surface area (Å²) in [4.78, 5) is 32.5. The number of aromatic nitrogens is 6. The summed E-state index contributed by atoms with van der Waals surface area (Å²) in [6.07, 6.45) is 6.48. The maximum atomic E-state index is 13.7. The lowest BCUT2D eigenvalue weighted by molar-refractivity contribution is 0.485. The highest BCUT2D eigenvalue weighted by molar-refractivity contribution is 5.75. The van der Waals surface area contributed by atoms with Crippen molar-refractivity contribution in [2.75, 3.05) is 18.0 Å². The molecule has 0 saturated carbocycles. The van der Waals surface area contributed by atoms with Gasteiger partial charge in [0.1, 0.15) is 5.82 Å². The van der Waals surface area contributed by atoms with Crippen LogP contribution in [0.2, 0.25) is 0 Å². The number of hydrogen-bond acceptors (Lipinski definition) is 5. The van der Waals surface area contributed by atoms with Crippen molar-refractivity contribution in [1.82, 2.24) is 29.7 Å². The summed E-state index contributed by atoms with van der Waals surface area (Å²) in [6.45, 7) is 1.62. The van der Waals surface area contributed by atoms with Gasteiger partial charge in [-0.15, -0.1) is 0 Å². The Hall–Kier alpha value is -4.27. The lowest BCUT2D eigenvalue weighted by Gasteiger charge is -2.31. The molecule has 36 heavy (non-hydrogen) atoms. The molecule has 0 atom stereocenters. The Bertz CT molecular complexity index is 1500. The topological polar surface area (TPSA) is 95.5 Å². The predicted molar refractivity (Wildman–Crippen MR) is 136 cm³/mol. The number of piperidine rings is 1. The number of aryl methyl sites for hydroxylation is 1. The lowest BCUT2D eigenvalue weighted by atomic mass is 9.90. The highest BCUT2D eigenvalue weighted by atomic mass is 19.1. The number of anilines is 1. The van der Waals surface area contributed by atoms with Crippen molar-refractivity contribution in [2.24, 2.45) is 0 Å². The summed E-state index contributed by atoms with van der Waals surface area (Å²) in [7, 11) is 0. The van der Waals surface area contributed by atoms with E-state index >= 15 is 0 Å². The van der Waals surface area contributed by atoms with Crippen molar-refractivity contribution in [3.05, 3.63) is 100.0 Å². The Balaban J connectivity index is 1.32. The fraction of sp³-hybridized carbons (Fsp3) is 0.259. The molecule has 0 spiro atoms. The fourth-order valence-corrected chi connectivity index (χ4v) is 5.01. The van der Waals surface area contributed by atoms with E-state index in [4.69, 9.17) is 0 Å². The van der Waals surface area contributed by atoms with Gasteiger partial charge in [0, 0.05) is 42.7 Å². The molecule has 1 aliphatic rings. The van der Waals surface area contributed by atoms with Gasteiger partial charge in [-0.2, -0.15) is 4.68 Å². The lowest BCUT2D eigenvalue weighted by Crippen LogP contribution is -2.34.